The van der Waals surface area contributed by atoms with Crippen molar-refractivity contribution in [1.82, 2.24) is 4.90 Å². The molecule has 0 radical (unpaired) electrons. The standard InChI is InChI=1S/C25H39N3O2/c1-4-15-25(26-23-7-5-6-8-24(23)28(29)30)16-21-13-14-22(17-25)27(21)20-11-9-19(10-12-20)18(2)3/h5-8,18-22,26H,4,9-17H2,1-3H3/t19?,20?,21-,22+,25?. The molecule has 0 aromatic heterocycles. The molecule has 1 saturated carbocycles. The number of fused-ring (bicyclic) bond motifs is 2. The van der Waals surface area contributed by atoms with Crippen molar-refractivity contribution in [3.8, 4) is 0 Å². The highest BCUT2D eigenvalue weighted by molar-refractivity contribution is 5.62. The summed E-state index contributed by atoms with van der Waals surface area (Å²) in [4.78, 5) is 14.2. The fourth-order valence-corrected chi connectivity index (χ4v) is 6.92. The first-order valence-electron chi connectivity index (χ1n) is 12.2. The number of nitrogens with one attached hydrogen (secondary N) is 1. The monoisotopic (exact) mass is 413 g/mol. The lowest BCUT2D eigenvalue weighted by Crippen LogP contribution is -2.57. The van der Waals surface area contributed by atoms with E-state index >= 15 is 0 Å². The van der Waals surface area contributed by atoms with Gasteiger partial charge in [0.1, 0.15) is 5.69 Å². The maximum absolute atomic E-state index is 11.6. The minimum Gasteiger partial charge on any atom is -0.374 e. The molecule has 1 aromatic rings. The molecule has 166 valence electrons. The van der Waals surface area contributed by atoms with E-state index in [9.17, 15) is 10.1 Å². The molecule has 30 heavy (non-hydrogen) atoms. The Labute approximate surface area is 181 Å². The number of benzene rings is 1. The van der Waals surface area contributed by atoms with Gasteiger partial charge in [0.05, 0.1) is 4.92 Å². The second-order valence-electron chi connectivity index (χ2n) is 10.5. The molecule has 3 fully saturated rings. The molecular formula is C25H39N3O2. The van der Waals surface area contributed by atoms with E-state index in [-0.39, 0.29) is 16.1 Å². The molecule has 1 unspecified atom stereocenters. The van der Waals surface area contributed by atoms with Gasteiger partial charge in [0, 0.05) is 29.7 Å². The quantitative estimate of drug-likeness (QED) is 0.416. The molecule has 4 rings (SSSR count). The zero-order chi connectivity index (χ0) is 21.3. The third kappa shape index (κ3) is 4.23. The SMILES string of the molecule is CCCC1(Nc2ccccc2[N+](=O)[O-])C[C@H]2CC[C@@H](C1)N2C1CCC(C(C)C)CC1. The van der Waals surface area contributed by atoms with Crippen LogP contribution in [0.25, 0.3) is 0 Å². The van der Waals surface area contributed by atoms with Gasteiger partial charge in [0.15, 0.2) is 0 Å². The van der Waals surface area contributed by atoms with Gasteiger partial charge in [0.2, 0.25) is 0 Å². The predicted octanol–water partition coefficient (Wildman–Crippen LogP) is 6.39. The Morgan fingerprint density at radius 1 is 1.07 bits per heavy atom. The summed E-state index contributed by atoms with van der Waals surface area (Å²) in [6.07, 6.45) is 12.5. The van der Waals surface area contributed by atoms with Crippen LogP contribution < -0.4 is 5.32 Å². The number of nitro groups is 1. The van der Waals surface area contributed by atoms with E-state index in [1.807, 2.05) is 12.1 Å². The van der Waals surface area contributed by atoms with Crippen LogP contribution in [0.1, 0.15) is 85.0 Å². The van der Waals surface area contributed by atoms with E-state index in [0.29, 0.717) is 17.8 Å². The van der Waals surface area contributed by atoms with Crippen LogP contribution in [-0.2, 0) is 0 Å². The van der Waals surface area contributed by atoms with Gasteiger partial charge >= 0.3 is 0 Å². The first-order valence-corrected chi connectivity index (χ1v) is 12.2. The molecule has 2 aliphatic heterocycles. The minimum absolute atomic E-state index is 0.0155. The zero-order valence-electron chi connectivity index (χ0n) is 19.0. The van der Waals surface area contributed by atoms with Crippen LogP contribution in [0.3, 0.4) is 0 Å². The highest BCUT2D eigenvalue weighted by atomic mass is 16.6. The molecule has 2 saturated heterocycles. The van der Waals surface area contributed by atoms with E-state index in [1.165, 1.54) is 38.5 Å². The number of para-hydroxylation sites is 2. The van der Waals surface area contributed by atoms with E-state index < -0.39 is 0 Å². The van der Waals surface area contributed by atoms with Gasteiger partial charge < -0.3 is 5.32 Å². The third-order valence-corrected chi connectivity index (χ3v) is 8.26. The van der Waals surface area contributed by atoms with Crippen LogP contribution in [0.15, 0.2) is 24.3 Å². The number of nitro benzene ring substituents is 1. The normalized spacial score (nSPS) is 34.3. The Kier molecular flexibility index (Phi) is 6.38. The fraction of sp³-hybridized carbons (Fsp3) is 0.760. The van der Waals surface area contributed by atoms with Crippen LogP contribution in [0.4, 0.5) is 11.4 Å². The number of piperidine rings is 1. The predicted molar refractivity (Wildman–Crippen MR) is 123 cm³/mol. The summed E-state index contributed by atoms with van der Waals surface area (Å²) in [5.74, 6) is 1.72. The summed E-state index contributed by atoms with van der Waals surface area (Å²) in [6.45, 7) is 7.00. The van der Waals surface area contributed by atoms with Crippen molar-refractivity contribution in [3.63, 3.8) is 0 Å². The molecule has 1 aliphatic carbocycles. The minimum atomic E-state index is -0.251. The molecule has 5 heteroatoms. The molecule has 2 bridgehead atoms. The second-order valence-corrected chi connectivity index (χ2v) is 10.5. The number of rotatable bonds is 7. The van der Waals surface area contributed by atoms with Crippen molar-refractivity contribution >= 4 is 11.4 Å². The highest BCUT2D eigenvalue weighted by Gasteiger charge is 2.50. The first kappa shape index (κ1) is 21.6. The lowest BCUT2D eigenvalue weighted by atomic mass is 9.75. The van der Waals surface area contributed by atoms with Gasteiger partial charge in [0.25, 0.3) is 5.69 Å². The van der Waals surface area contributed by atoms with Gasteiger partial charge in [-0.3, -0.25) is 15.0 Å². The number of hydrogen-bond acceptors (Lipinski definition) is 4. The van der Waals surface area contributed by atoms with Crippen LogP contribution in [0.5, 0.6) is 0 Å². The summed E-state index contributed by atoms with van der Waals surface area (Å²) in [7, 11) is 0. The smallest absolute Gasteiger partial charge is 0.292 e. The molecule has 1 aromatic carbocycles. The molecule has 2 heterocycles. The van der Waals surface area contributed by atoms with E-state index in [2.05, 4.69) is 31.0 Å². The molecular weight excluding hydrogens is 374 g/mol. The maximum Gasteiger partial charge on any atom is 0.292 e. The summed E-state index contributed by atoms with van der Waals surface area (Å²) >= 11 is 0. The van der Waals surface area contributed by atoms with Crippen LogP contribution in [0.2, 0.25) is 0 Å². The summed E-state index contributed by atoms with van der Waals surface area (Å²) in [5.41, 5.74) is 0.884. The summed E-state index contributed by atoms with van der Waals surface area (Å²) < 4.78 is 0. The molecule has 5 nitrogen and oxygen atoms in total. The van der Waals surface area contributed by atoms with E-state index in [0.717, 1.165) is 43.6 Å². The van der Waals surface area contributed by atoms with Crippen molar-refractivity contribution < 1.29 is 4.92 Å². The van der Waals surface area contributed by atoms with Gasteiger partial charge in [-0.05, 0) is 75.7 Å². The highest BCUT2D eigenvalue weighted by Crippen LogP contribution is 2.48. The first-order chi connectivity index (χ1) is 14.4. The Hall–Kier alpha value is -1.62. The van der Waals surface area contributed by atoms with Crippen LogP contribution in [0, 0.1) is 22.0 Å². The number of hydrogen-bond donors (Lipinski definition) is 1. The van der Waals surface area contributed by atoms with Crippen molar-refractivity contribution in [2.75, 3.05) is 5.32 Å². The van der Waals surface area contributed by atoms with Gasteiger partial charge in [-0.25, -0.2) is 0 Å². The van der Waals surface area contributed by atoms with E-state index in [1.54, 1.807) is 12.1 Å². The Morgan fingerprint density at radius 2 is 1.67 bits per heavy atom. The maximum atomic E-state index is 11.6. The summed E-state index contributed by atoms with van der Waals surface area (Å²) in [5, 5.41) is 15.3. The lowest BCUT2D eigenvalue weighted by Gasteiger charge is -2.51. The molecule has 0 spiro atoms. The van der Waals surface area contributed by atoms with Crippen molar-refractivity contribution in [2.24, 2.45) is 11.8 Å². The molecule has 0 amide bonds. The van der Waals surface area contributed by atoms with Crippen molar-refractivity contribution in [2.45, 2.75) is 109 Å². The van der Waals surface area contributed by atoms with Crippen LogP contribution >= 0.6 is 0 Å². The van der Waals surface area contributed by atoms with Gasteiger partial charge in [-0.2, -0.15) is 0 Å². The lowest BCUT2D eigenvalue weighted by molar-refractivity contribution is -0.384. The summed E-state index contributed by atoms with van der Waals surface area (Å²) in [6, 6.07) is 9.19. The third-order valence-electron chi connectivity index (χ3n) is 8.26. The number of nitrogens with zero attached hydrogens (tertiary/aromatic N) is 2. The van der Waals surface area contributed by atoms with Crippen LogP contribution in [-0.4, -0.2) is 33.5 Å². The fourth-order valence-electron chi connectivity index (χ4n) is 6.92. The topological polar surface area (TPSA) is 58.4 Å². The Bertz CT molecular complexity index is 728. The average Bonchev–Trinajstić information content (AvgIpc) is 3.00. The Balaban J connectivity index is 1.50. The van der Waals surface area contributed by atoms with Gasteiger partial charge in [-0.15, -0.1) is 0 Å². The molecule has 1 N–H and O–H groups in total. The molecule has 3 aliphatic rings. The zero-order valence-corrected chi connectivity index (χ0v) is 19.0. The number of anilines is 1. The molecule has 3 atom stereocenters. The van der Waals surface area contributed by atoms with Crippen molar-refractivity contribution in [3.05, 3.63) is 34.4 Å². The average molecular weight is 414 g/mol. The van der Waals surface area contributed by atoms with Crippen molar-refractivity contribution in [1.29, 1.82) is 0 Å². The Morgan fingerprint density at radius 3 is 2.23 bits per heavy atom. The second kappa shape index (κ2) is 8.86. The van der Waals surface area contributed by atoms with Gasteiger partial charge in [-0.1, -0.05) is 39.3 Å². The van der Waals surface area contributed by atoms with E-state index in [4.69, 9.17) is 0 Å². The largest absolute Gasteiger partial charge is 0.374 e.